The van der Waals surface area contributed by atoms with Gasteiger partial charge in [0.2, 0.25) is 0 Å². The van der Waals surface area contributed by atoms with E-state index in [-0.39, 0.29) is 18.1 Å². The highest BCUT2D eigenvalue weighted by Gasteiger charge is 2.14. The van der Waals surface area contributed by atoms with Gasteiger partial charge >= 0.3 is 0 Å². The van der Waals surface area contributed by atoms with E-state index in [2.05, 4.69) is 31.6 Å². The van der Waals surface area contributed by atoms with Crippen LogP contribution in [0.15, 0.2) is 65.3 Å². The van der Waals surface area contributed by atoms with E-state index in [9.17, 15) is 9.90 Å². The number of aliphatic hydroxyl groups is 1. The number of hydrogen-bond acceptors (Lipinski definition) is 4. The molecular formula is C17H15BrN4O2. The summed E-state index contributed by atoms with van der Waals surface area (Å²) in [5.41, 5.74) is 1.62. The number of carbonyl (C=O) groups is 1. The van der Waals surface area contributed by atoms with Crippen LogP contribution in [-0.2, 0) is 6.54 Å². The van der Waals surface area contributed by atoms with E-state index in [0.717, 1.165) is 10.0 Å². The summed E-state index contributed by atoms with van der Waals surface area (Å²) in [6.07, 6.45) is 0.797. The van der Waals surface area contributed by atoms with Crippen molar-refractivity contribution < 1.29 is 9.90 Å². The van der Waals surface area contributed by atoms with Crippen LogP contribution in [0.4, 0.5) is 5.69 Å². The molecule has 0 spiro atoms. The van der Waals surface area contributed by atoms with Gasteiger partial charge in [-0.25, -0.2) is 4.68 Å². The molecule has 122 valence electrons. The third kappa shape index (κ3) is 3.87. The maximum atomic E-state index is 12.2. The maximum absolute atomic E-state index is 12.2. The van der Waals surface area contributed by atoms with Gasteiger partial charge in [0, 0.05) is 4.47 Å². The molecule has 1 heterocycles. The molecule has 0 aliphatic heterocycles. The summed E-state index contributed by atoms with van der Waals surface area (Å²) in [6.45, 7) is 0.222. The number of para-hydroxylation sites is 1. The highest BCUT2D eigenvalue weighted by Crippen LogP contribution is 2.21. The molecule has 24 heavy (non-hydrogen) atoms. The summed E-state index contributed by atoms with van der Waals surface area (Å²) in [4.78, 5) is 12.2. The molecule has 1 atom stereocenters. The molecule has 0 saturated carbocycles. The van der Waals surface area contributed by atoms with Crippen LogP contribution in [0.1, 0.15) is 22.2 Å². The number of halogens is 1. The van der Waals surface area contributed by atoms with Gasteiger partial charge in [-0.3, -0.25) is 4.79 Å². The topological polar surface area (TPSA) is 80.0 Å². The molecule has 1 amide bonds. The fraction of sp³-hybridized carbons (Fsp3) is 0.118. The number of carbonyl (C=O) groups excluding carboxylic acids is 1. The minimum Gasteiger partial charge on any atom is -0.386 e. The second-order valence-electron chi connectivity index (χ2n) is 5.19. The zero-order valence-corrected chi connectivity index (χ0v) is 14.2. The molecule has 0 aliphatic rings. The van der Waals surface area contributed by atoms with Gasteiger partial charge in [-0.15, -0.1) is 5.10 Å². The van der Waals surface area contributed by atoms with Crippen LogP contribution < -0.4 is 5.32 Å². The van der Waals surface area contributed by atoms with Gasteiger partial charge in [-0.1, -0.05) is 47.7 Å². The van der Waals surface area contributed by atoms with Crippen molar-refractivity contribution in [1.82, 2.24) is 15.0 Å². The van der Waals surface area contributed by atoms with Gasteiger partial charge in [-0.2, -0.15) is 0 Å². The Bertz CT molecular complexity index is 835. The smallest absolute Gasteiger partial charge is 0.277 e. The Balaban J connectivity index is 1.67. The van der Waals surface area contributed by atoms with Crippen LogP contribution in [0.25, 0.3) is 0 Å². The summed E-state index contributed by atoms with van der Waals surface area (Å²) in [6, 6.07) is 16.6. The second-order valence-corrected chi connectivity index (χ2v) is 6.04. The number of aromatic nitrogens is 3. The third-order valence-electron chi connectivity index (χ3n) is 3.44. The van der Waals surface area contributed by atoms with Crippen molar-refractivity contribution in [2.45, 2.75) is 12.6 Å². The monoisotopic (exact) mass is 386 g/mol. The minimum atomic E-state index is -0.716. The van der Waals surface area contributed by atoms with E-state index in [0.29, 0.717) is 5.69 Å². The van der Waals surface area contributed by atoms with Crippen molar-refractivity contribution in [2.75, 3.05) is 5.32 Å². The summed E-state index contributed by atoms with van der Waals surface area (Å²) in [7, 11) is 0. The van der Waals surface area contributed by atoms with E-state index >= 15 is 0 Å². The van der Waals surface area contributed by atoms with Crippen LogP contribution >= 0.6 is 15.9 Å². The summed E-state index contributed by atoms with van der Waals surface area (Å²) >= 11 is 3.37. The lowest BCUT2D eigenvalue weighted by Crippen LogP contribution is -2.13. The summed E-state index contributed by atoms with van der Waals surface area (Å²) in [5, 5.41) is 20.7. The van der Waals surface area contributed by atoms with E-state index < -0.39 is 6.10 Å². The first-order valence-corrected chi connectivity index (χ1v) is 8.12. The van der Waals surface area contributed by atoms with Crippen LogP contribution in [0.3, 0.4) is 0 Å². The highest BCUT2D eigenvalue weighted by molar-refractivity contribution is 9.10. The maximum Gasteiger partial charge on any atom is 0.277 e. The van der Waals surface area contributed by atoms with Crippen molar-refractivity contribution >= 4 is 27.5 Å². The molecule has 3 aromatic rings. The number of anilines is 1. The molecule has 1 aromatic heterocycles. The quantitative estimate of drug-likeness (QED) is 0.706. The fourth-order valence-electron chi connectivity index (χ4n) is 2.20. The van der Waals surface area contributed by atoms with Crippen LogP contribution in [0.5, 0.6) is 0 Å². The Labute approximate surface area is 147 Å². The lowest BCUT2D eigenvalue weighted by Gasteiger charge is -2.09. The molecule has 6 nitrogen and oxygen atoms in total. The molecule has 2 N–H and O–H groups in total. The average molecular weight is 387 g/mol. The first-order chi connectivity index (χ1) is 11.6. The number of rotatable bonds is 5. The lowest BCUT2D eigenvalue weighted by atomic mass is 10.1. The minimum absolute atomic E-state index is 0.186. The summed E-state index contributed by atoms with van der Waals surface area (Å²) in [5.74, 6) is -0.359. The number of nitrogens with zero attached hydrogens (tertiary/aromatic N) is 3. The zero-order chi connectivity index (χ0) is 16.9. The molecule has 0 bridgehead atoms. The zero-order valence-electron chi connectivity index (χ0n) is 12.6. The molecule has 2 aromatic carbocycles. The van der Waals surface area contributed by atoms with Gasteiger partial charge in [0.25, 0.3) is 5.91 Å². The van der Waals surface area contributed by atoms with Gasteiger partial charge in [0.05, 0.1) is 24.5 Å². The van der Waals surface area contributed by atoms with Gasteiger partial charge in [0.1, 0.15) is 0 Å². The predicted octanol–water partition coefficient (Wildman–Crippen LogP) is 3.03. The first-order valence-electron chi connectivity index (χ1n) is 7.32. The highest BCUT2D eigenvalue weighted by atomic mass is 79.9. The number of benzene rings is 2. The fourth-order valence-corrected chi connectivity index (χ4v) is 2.58. The molecular weight excluding hydrogens is 372 g/mol. The predicted molar refractivity (Wildman–Crippen MR) is 93.5 cm³/mol. The molecule has 0 radical (unpaired) electrons. The number of nitrogens with one attached hydrogen (secondary N) is 1. The SMILES string of the molecule is O=C(Nc1ccccc1Br)c1cn(C[C@@H](O)c2ccccc2)nn1. The number of amides is 1. The van der Waals surface area contributed by atoms with Gasteiger partial charge < -0.3 is 10.4 Å². The van der Waals surface area contributed by atoms with Gasteiger partial charge in [0.15, 0.2) is 5.69 Å². The van der Waals surface area contributed by atoms with Crippen molar-refractivity contribution in [3.63, 3.8) is 0 Å². The first kappa shape index (κ1) is 16.4. The Morgan fingerprint density at radius 3 is 2.62 bits per heavy atom. The molecule has 0 aliphatic carbocycles. The molecule has 0 unspecified atom stereocenters. The van der Waals surface area contributed by atoms with Crippen LogP contribution in [-0.4, -0.2) is 26.0 Å². The van der Waals surface area contributed by atoms with Crippen LogP contribution in [0.2, 0.25) is 0 Å². The standard InChI is InChI=1S/C17H15BrN4O2/c18-13-8-4-5-9-14(13)19-17(24)15-10-22(21-20-15)11-16(23)12-6-2-1-3-7-12/h1-10,16,23H,11H2,(H,19,24)/t16-/m1/s1. The Hall–Kier alpha value is -2.51. The summed E-state index contributed by atoms with van der Waals surface area (Å²) < 4.78 is 2.23. The van der Waals surface area contributed by atoms with E-state index in [1.807, 2.05) is 48.5 Å². The molecule has 0 saturated heterocycles. The van der Waals surface area contributed by atoms with Crippen molar-refractivity contribution in [2.24, 2.45) is 0 Å². The Morgan fingerprint density at radius 1 is 1.17 bits per heavy atom. The van der Waals surface area contributed by atoms with Crippen molar-refractivity contribution in [3.8, 4) is 0 Å². The molecule has 0 fully saturated rings. The largest absolute Gasteiger partial charge is 0.386 e. The number of hydrogen-bond donors (Lipinski definition) is 2. The molecule has 7 heteroatoms. The Kier molecular flexibility index (Phi) is 5.02. The lowest BCUT2D eigenvalue weighted by molar-refractivity contribution is 0.102. The van der Waals surface area contributed by atoms with Crippen molar-refractivity contribution in [3.05, 3.63) is 76.5 Å². The van der Waals surface area contributed by atoms with E-state index in [1.165, 1.54) is 10.9 Å². The van der Waals surface area contributed by atoms with Crippen LogP contribution in [0, 0.1) is 0 Å². The number of aliphatic hydroxyl groups excluding tert-OH is 1. The average Bonchev–Trinajstić information content (AvgIpc) is 3.06. The van der Waals surface area contributed by atoms with E-state index in [1.54, 1.807) is 6.07 Å². The van der Waals surface area contributed by atoms with Gasteiger partial charge in [-0.05, 0) is 33.6 Å². The molecule has 3 rings (SSSR count). The second kappa shape index (κ2) is 7.37. The third-order valence-corrected chi connectivity index (χ3v) is 4.13. The van der Waals surface area contributed by atoms with Crippen molar-refractivity contribution in [1.29, 1.82) is 0 Å². The van der Waals surface area contributed by atoms with E-state index in [4.69, 9.17) is 0 Å². The normalized spacial score (nSPS) is 11.9. The Morgan fingerprint density at radius 2 is 1.88 bits per heavy atom.